The molecule has 1 fully saturated rings. The van der Waals surface area contributed by atoms with Gasteiger partial charge in [0, 0.05) is 30.5 Å². The second kappa shape index (κ2) is 6.70. The van der Waals surface area contributed by atoms with Gasteiger partial charge in [-0.15, -0.1) is 0 Å². The fourth-order valence-electron chi connectivity index (χ4n) is 2.40. The Kier molecular flexibility index (Phi) is 5.12. The first-order valence-corrected chi connectivity index (χ1v) is 8.70. The molecule has 2 rings (SSSR count). The van der Waals surface area contributed by atoms with Crippen molar-refractivity contribution in [3.63, 3.8) is 0 Å². The average Bonchev–Trinajstić information content (AvgIpc) is 3.18. The van der Waals surface area contributed by atoms with Gasteiger partial charge >= 0.3 is 0 Å². The number of hydrogen-bond acceptors (Lipinski definition) is 3. The summed E-state index contributed by atoms with van der Waals surface area (Å²) in [6, 6.07) is 3.60. The maximum absolute atomic E-state index is 13.6. The number of halogens is 2. The molecule has 1 aliphatic carbocycles. The van der Waals surface area contributed by atoms with Crippen molar-refractivity contribution < 1.29 is 22.0 Å². The molecule has 5 nitrogen and oxygen atoms in total. The second-order valence-electron chi connectivity index (χ2n) is 5.19. The van der Waals surface area contributed by atoms with E-state index in [9.17, 15) is 22.0 Å². The van der Waals surface area contributed by atoms with Gasteiger partial charge in [-0.3, -0.25) is 4.79 Å². The van der Waals surface area contributed by atoms with Crippen LogP contribution in [-0.4, -0.2) is 33.2 Å². The van der Waals surface area contributed by atoms with Gasteiger partial charge in [-0.05, 0) is 18.6 Å². The van der Waals surface area contributed by atoms with Gasteiger partial charge in [0.05, 0.1) is 5.75 Å². The summed E-state index contributed by atoms with van der Waals surface area (Å²) in [5.74, 6) is -2.90. The van der Waals surface area contributed by atoms with Crippen LogP contribution in [0.25, 0.3) is 0 Å². The lowest BCUT2D eigenvalue weighted by Crippen LogP contribution is -2.35. The highest BCUT2D eigenvalue weighted by atomic mass is 32.2. The van der Waals surface area contributed by atoms with Crippen LogP contribution in [0.2, 0.25) is 0 Å². The van der Waals surface area contributed by atoms with E-state index in [1.165, 1.54) is 6.07 Å². The maximum Gasteiger partial charge on any atom is 0.223 e. The van der Waals surface area contributed by atoms with Gasteiger partial charge in [0.15, 0.2) is 0 Å². The number of carbonyl (C=O) groups is 1. The summed E-state index contributed by atoms with van der Waals surface area (Å²) in [6.45, 7) is 1.92. The molecule has 0 spiro atoms. The molecule has 122 valence electrons. The zero-order valence-corrected chi connectivity index (χ0v) is 12.9. The lowest BCUT2D eigenvalue weighted by molar-refractivity contribution is -0.122. The fraction of sp³-hybridized carbons (Fsp3) is 0.500. The van der Waals surface area contributed by atoms with Gasteiger partial charge in [-0.2, -0.15) is 0 Å². The Balaban J connectivity index is 1.87. The van der Waals surface area contributed by atoms with E-state index in [1.54, 1.807) is 6.92 Å². The number of rotatable bonds is 7. The van der Waals surface area contributed by atoms with E-state index in [2.05, 4.69) is 10.0 Å². The highest BCUT2D eigenvalue weighted by molar-refractivity contribution is 7.89. The number of hydrogen-bond donors (Lipinski definition) is 2. The highest BCUT2D eigenvalue weighted by Crippen LogP contribution is 2.49. The standard InChI is InChI=1S/C14H18F2N2O3S/c1-2-18-22(20,21)7-6-17-14(19)10-8-9(10)13-11(15)4-3-5-12(13)16/h3-5,9-10,18H,2,6-8H2,1H3,(H,17,19)/t9-,10+/m0/s1. The Morgan fingerprint density at radius 3 is 2.55 bits per heavy atom. The molecule has 0 aliphatic heterocycles. The van der Waals surface area contributed by atoms with Gasteiger partial charge < -0.3 is 5.32 Å². The van der Waals surface area contributed by atoms with Gasteiger partial charge in [0.2, 0.25) is 15.9 Å². The molecule has 1 aromatic carbocycles. The summed E-state index contributed by atoms with van der Waals surface area (Å²) in [5, 5.41) is 2.49. The third kappa shape index (κ3) is 4.01. The summed E-state index contributed by atoms with van der Waals surface area (Å²) in [7, 11) is -3.40. The maximum atomic E-state index is 13.6. The van der Waals surface area contributed by atoms with E-state index in [1.807, 2.05) is 0 Å². The van der Waals surface area contributed by atoms with Crippen LogP contribution in [0.3, 0.4) is 0 Å². The number of nitrogens with one attached hydrogen (secondary N) is 2. The number of carbonyl (C=O) groups excluding carboxylic acids is 1. The van der Waals surface area contributed by atoms with E-state index in [0.29, 0.717) is 6.42 Å². The lowest BCUT2D eigenvalue weighted by atomic mass is 10.1. The molecule has 0 radical (unpaired) electrons. The van der Waals surface area contributed by atoms with Gasteiger partial charge in [0.1, 0.15) is 11.6 Å². The van der Waals surface area contributed by atoms with Gasteiger partial charge in [0.25, 0.3) is 0 Å². The van der Waals surface area contributed by atoms with Gasteiger partial charge in [-0.25, -0.2) is 21.9 Å². The minimum absolute atomic E-state index is 0.0306. The van der Waals surface area contributed by atoms with Crippen molar-refractivity contribution in [1.29, 1.82) is 0 Å². The molecule has 22 heavy (non-hydrogen) atoms. The molecule has 0 heterocycles. The minimum atomic E-state index is -3.40. The summed E-state index contributed by atoms with van der Waals surface area (Å²) >= 11 is 0. The fourth-order valence-corrected chi connectivity index (χ4v) is 3.36. The van der Waals surface area contributed by atoms with E-state index in [4.69, 9.17) is 0 Å². The predicted molar refractivity (Wildman–Crippen MR) is 77.7 cm³/mol. The zero-order chi connectivity index (χ0) is 16.3. The van der Waals surface area contributed by atoms with Crippen molar-refractivity contribution in [2.75, 3.05) is 18.8 Å². The molecular formula is C14H18F2N2O3S. The molecule has 2 N–H and O–H groups in total. The molecule has 1 amide bonds. The minimum Gasteiger partial charge on any atom is -0.355 e. The van der Waals surface area contributed by atoms with Crippen LogP contribution in [-0.2, 0) is 14.8 Å². The SMILES string of the molecule is CCNS(=O)(=O)CCNC(=O)[C@@H]1C[C@@H]1c1c(F)cccc1F. The van der Waals surface area contributed by atoms with Crippen molar-refractivity contribution in [1.82, 2.24) is 10.0 Å². The van der Waals surface area contributed by atoms with Crippen molar-refractivity contribution in [2.45, 2.75) is 19.3 Å². The van der Waals surface area contributed by atoms with Crippen LogP contribution in [0.5, 0.6) is 0 Å². The molecule has 0 unspecified atom stereocenters. The van der Waals surface area contributed by atoms with Crippen molar-refractivity contribution in [3.8, 4) is 0 Å². The summed E-state index contributed by atoms with van der Waals surface area (Å²) < 4.78 is 52.4. The molecular weight excluding hydrogens is 314 g/mol. The number of benzene rings is 1. The van der Waals surface area contributed by atoms with Crippen molar-refractivity contribution in [3.05, 3.63) is 35.4 Å². The number of sulfonamides is 1. The molecule has 1 saturated carbocycles. The molecule has 1 aliphatic rings. The Labute approximate surface area is 128 Å². The zero-order valence-electron chi connectivity index (χ0n) is 12.1. The Bertz CT molecular complexity index is 644. The summed E-state index contributed by atoms with van der Waals surface area (Å²) in [6.07, 6.45) is 0.365. The predicted octanol–water partition coefficient (Wildman–Crippen LogP) is 1.12. The van der Waals surface area contributed by atoms with Crippen LogP contribution < -0.4 is 10.0 Å². The lowest BCUT2D eigenvalue weighted by Gasteiger charge is -2.07. The van der Waals surface area contributed by atoms with Gasteiger partial charge in [-0.1, -0.05) is 13.0 Å². The average molecular weight is 332 g/mol. The van der Waals surface area contributed by atoms with Crippen molar-refractivity contribution in [2.24, 2.45) is 5.92 Å². The smallest absolute Gasteiger partial charge is 0.223 e. The van der Waals surface area contributed by atoms with Crippen LogP contribution in [0, 0.1) is 17.6 Å². The second-order valence-corrected chi connectivity index (χ2v) is 7.12. The largest absolute Gasteiger partial charge is 0.355 e. The Hall–Kier alpha value is -1.54. The quantitative estimate of drug-likeness (QED) is 0.786. The van der Waals surface area contributed by atoms with Crippen LogP contribution >= 0.6 is 0 Å². The normalized spacial score (nSPS) is 20.7. The third-order valence-electron chi connectivity index (χ3n) is 3.53. The summed E-state index contributed by atoms with van der Waals surface area (Å²) in [4.78, 5) is 11.9. The van der Waals surface area contributed by atoms with Crippen LogP contribution in [0.4, 0.5) is 8.78 Å². The molecule has 1 aromatic rings. The Morgan fingerprint density at radius 1 is 1.32 bits per heavy atom. The number of amides is 1. The van der Waals surface area contributed by atoms with Crippen molar-refractivity contribution >= 4 is 15.9 Å². The van der Waals surface area contributed by atoms with Crippen LogP contribution in [0.1, 0.15) is 24.8 Å². The first-order valence-electron chi connectivity index (χ1n) is 7.04. The monoisotopic (exact) mass is 332 g/mol. The molecule has 0 bridgehead atoms. The van der Waals surface area contributed by atoms with E-state index >= 15 is 0 Å². The Morgan fingerprint density at radius 2 is 1.95 bits per heavy atom. The highest BCUT2D eigenvalue weighted by Gasteiger charge is 2.46. The molecule has 0 aromatic heterocycles. The topological polar surface area (TPSA) is 75.3 Å². The first-order chi connectivity index (χ1) is 10.4. The molecule has 8 heteroatoms. The summed E-state index contributed by atoms with van der Waals surface area (Å²) in [5.41, 5.74) is -0.0667. The first kappa shape index (κ1) is 16.8. The van der Waals surface area contributed by atoms with E-state index in [-0.39, 0.29) is 30.3 Å². The van der Waals surface area contributed by atoms with E-state index in [0.717, 1.165) is 12.1 Å². The third-order valence-corrected chi connectivity index (χ3v) is 5.00. The van der Waals surface area contributed by atoms with E-state index < -0.39 is 33.5 Å². The molecule has 0 saturated heterocycles. The molecule has 2 atom stereocenters. The van der Waals surface area contributed by atoms with Crippen LogP contribution in [0.15, 0.2) is 18.2 Å².